The Hall–Kier alpha value is -2.35. The van der Waals surface area contributed by atoms with E-state index in [9.17, 15) is 14.0 Å². The predicted molar refractivity (Wildman–Crippen MR) is 92.8 cm³/mol. The average molecular weight is 362 g/mol. The van der Waals surface area contributed by atoms with Crippen LogP contribution in [0.4, 0.5) is 10.1 Å². The number of carbonyl (C=O) groups is 2. The van der Waals surface area contributed by atoms with Crippen LogP contribution in [0.5, 0.6) is 0 Å². The minimum absolute atomic E-state index is 0.0743. The van der Waals surface area contributed by atoms with Gasteiger partial charge in [-0.15, -0.1) is 10.2 Å². The number of benzene rings is 1. The van der Waals surface area contributed by atoms with Crippen LogP contribution in [0, 0.1) is 11.7 Å². The van der Waals surface area contributed by atoms with Crippen molar-refractivity contribution in [3.63, 3.8) is 0 Å². The molecule has 2 amide bonds. The van der Waals surface area contributed by atoms with Gasteiger partial charge in [-0.05, 0) is 37.1 Å². The van der Waals surface area contributed by atoms with E-state index in [-0.39, 0.29) is 28.7 Å². The largest absolute Gasteiger partial charge is 0.333 e. The van der Waals surface area contributed by atoms with Crippen molar-refractivity contribution in [3.05, 3.63) is 40.1 Å². The summed E-state index contributed by atoms with van der Waals surface area (Å²) in [4.78, 5) is 26.4. The molecule has 1 atom stereocenters. The van der Waals surface area contributed by atoms with Gasteiger partial charge in [0.2, 0.25) is 10.9 Å². The molecular formula is C17H19FN4O2S. The second-order valence-electron chi connectivity index (χ2n) is 6.25. The van der Waals surface area contributed by atoms with Gasteiger partial charge < -0.3 is 10.2 Å². The van der Waals surface area contributed by atoms with Crippen molar-refractivity contribution in [2.75, 3.05) is 11.9 Å². The van der Waals surface area contributed by atoms with E-state index in [0.717, 1.165) is 12.8 Å². The summed E-state index contributed by atoms with van der Waals surface area (Å²) in [6.45, 7) is 4.46. The number of likely N-dealkylation sites (tertiary alicyclic amines) is 1. The van der Waals surface area contributed by atoms with E-state index in [2.05, 4.69) is 15.5 Å². The van der Waals surface area contributed by atoms with Crippen LogP contribution in [0.25, 0.3) is 0 Å². The molecule has 3 rings (SSSR count). The lowest BCUT2D eigenvalue weighted by Gasteiger charge is -2.24. The number of rotatable bonds is 4. The Kier molecular flexibility index (Phi) is 5.08. The highest BCUT2D eigenvalue weighted by molar-refractivity contribution is 7.13. The summed E-state index contributed by atoms with van der Waals surface area (Å²) in [6.07, 6.45) is 1.74. The third-order valence-corrected chi connectivity index (χ3v) is 5.08. The maximum Gasteiger partial charge on any atom is 0.286 e. The highest BCUT2D eigenvalue weighted by Gasteiger charge is 2.33. The Morgan fingerprint density at radius 3 is 2.68 bits per heavy atom. The smallest absolute Gasteiger partial charge is 0.286 e. The van der Waals surface area contributed by atoms with E-state index in [1.165, 1.54) is 35.6 Å². The van der Waals surface area contributed by atoms with Crippen LogP contribution in [0.1, 0.15) is 47.5 Å². The van der Waals surface area contributed by atoms with Gasteiger partial charge in [-0.25, -0.2) is 4.39 Å². The lowest BCUT2D eigenvalue weighted by atomic mass is 10.1. The SMILES string of the molecule is CC(C)C(=O)N1CCC[C@@H]1c1nnc(C(=O)Nc2ccc(F)cc2)s1. The van der Waals surface area contributed by atoms with Gasteiger partial charge in [-0.2, -0.15) is 0 Å². The number of aromatic nitrogens is 2. The first kappa shape index (κ1) is 17.5. The maximum absolute atomic E-state index is 12.9. The van der Waals surface area contributed by atoms with Crippen LogP contribution in [-0.2, 0) is 4.79 Å². The normalized spacial score (nSPS) is 17.1. The summed E-state index contributed by atoms with van der Waals surface area (Å²) >= 11 is 1.19. The van der Waals surface area contributed by atoms with E-state index in [1.54, 1.807) is 0 Å². The lowest BCUT2D eigenvalue weighted by Crippen LogP contribution is -2.33. The van der Waals surface area contributed by atoms with E-state index >= 15 is 0 Å². The number of amides is 2. The van der Waals surface area contributed by atoms with Crippen LogP contribution in [0.3, 0.4) is 0 Å². The van der Waals surface area contributed by atoms with Crippen molar-refractivity contribution in [3.8, 4) is 0 Å². The summed E-state index contributed by atoms with van der Waals surface area (Å²) in [5.74, 6) is -0.743. The standard InChI is InChI=1S/C17H19FN4O2S/c1-10(2)17(24)22-9-3-4-13(22)15-20-21-16(25-15)14(23)19-12-7-5-11(18)6-8-12/h5-8,10,13H,3-4,9H2,1-2H3,(H,19,23)/t13-/m1/s1. The molecule has 1 N–H and O–H groups in total. The van der Waals surface area contributed by atoms with Crippen molar-refractivity contribution in [2.45, 2.75) is 32.7 Å². The Labute approximate surface area is 149 Å². The second-order valence-corrected chi connectivity index (χ2v) is 7.26. The Morgan fingerprint density at radius 2 is 2.00 bits per heavy atom. The number of hydrogen-bond donors (Lipinski definition) is 1. The summed E-state index contributed by atoms with van der Waals surface area (Å²) in [6, 6.07) is 5.40. The molecule has 2 heterocycles. The number of halogens is 1. The van der Waals surface area contributed by atoms with Crippen molar-refractivity contribution in [1.82, 2.24) is 15.1 Å². The fourth-order valence-electron chi connectivity index (χ4n) is 2.80. The van der Waals surface area contributed by atoms with Gasteiger partial charge in [0.25, 0.3) is 5.91 Å². The van der Waals surface area contributed by atoms with Crippen molar-refractivity contribution >= 4 is 28.8 Å². The van der Waals surface area contributed by atoms with Gasteiger partial charge in [0.1, 0.15) is 10.8 Å². The monoisotopic (exact) mass is 362 g/mol. The summed E-state index contributed by atoms with van der Waals surface area (Å²) in [7, 11) is 0. The molecule has 0 spiro atoms. The molecule has 8 heteroatoms. The molecule has 0 aliphatic carbocycles. The number of anilines is 1. The first-order valence-electron chi connectivity index (χ1n) is 8.16. The van der Waals surface area contributed by atoms with Crippen LogP contribution in [0.15, 0.2) is 24.3 Å². The van der Waals surface area contributed by atoms with Gasteiger partial charge in [-0.3, -0.25) is 9.59 Å². The zero-order chi connectivity index (χ0) is 18.0. The van der Waals surface area contributed by atoms with Gasteiger partial charge in [0.15, 0.2) is 0 Å². The lowest BCUT2D eigenvalue weighted by molar-refractivity contribution is -0.135. The number of carbonyl (C=O) groups excluding carboxylic acids is 2. The molecule has 0 bridgehead atoms. The van der Waals surface area contributed by atoms with Crippen molar-refractivity contribution < 1.29 is 14.0 Å². The summed E-state index contributed by atoms with van der Waals surface area (Å²) < 4.78 is 12.9. The number of nitrogens with zero attached hydrogens (tertiary/aromatic N) is 3. The predicted octanol–water partition coefficient (Wildman–Crippen LogP) is 3.25. The molecule has 0 saturated carbocycles. The molecule has 1 saturated heterocycles. The summed E-state index contributed by atoms with van der Waals surface area (Å²) in [5.41, 5.74) is 0.487. The Morgan fingerprint density at radius 1 is 1.28 bits per heavy atom. The van der Waals surface area contributed by atoms with E-state index in [1.807, 2.05) is 18.7 Å². The first-order valence-corrected chi connectivity index (χ1v) is 8.98. The summed E-state index contributed by atoms with van der Waals surface area (Å²) in [5, 5.41) is 11.6. The molecule has 132 valence electrons. The number of hydrogen-bond acceptors (Lipinski definition) is 5. The Bertz CT molecular complexity index is 775. The highest BCUT2D eigenvalue weighted by Crippen LogP contribution is 2.34. The first-order chi connectivity index (χ1) is 12.0. The van der Waals surface area contributed by atoms with Crippen LogP contribution in [-0.4, -0.2) is 33.5 Å². The molecule has 0 unspecified atom stereocenters. The minimum atomic E-state index is -0.393. The molecule has 25 heavy (non-hydrogen) atoms. The topological polar surface area (TPSA) is 75.2 Å². The molecule has 0 radical (unpaired) electrons. The third-order valence-electron chi connectivity index (χ3n) is 4.05. The fourth-order valence-corrected chi connectivity index (χ4v) is 3.68. The van der Waals surface area contributed by atoms with Gasteiger partial charge in [-0.1, -0.05) is 25.2 Å². The van der Waals surface area contributed by atoms with E-state index in [4.69, 9.17) is 0 Å². The molecule has 1 aromatic heterocycles. The Balaban J connectivity index is 1.72. The van der Waals surface area contributed by atoms with Gasteiger partial charge in [0, 0.05) is 18.2 Å². The zero-order valence-corrected chi connectivity index (χ0v) is 14.8. The average Bonchev–Trinajstić information content (AvgIpc) is 3.24. The van der Waals surface area contributed by atoms with E-state index in [0.29, 0.717) is 17.2 Å². The molecule has 1 aliphatic rings. The van der Waals surface area contributed by atoms with Crippen LogP contribution in [0.2, 0.25) is 0 Å². The molecule has 1 aliphatic heterocycles. The van der Waals surface area contributed by atoms with Crippen LogP contribution >= 0.6 is 11.3 Å². The molecule has 1 fully saturated rings. The van der Waals surface area contributed by atoms with Gasteiger partial charge >= 0.3 is 0 Å². The molecule has 2 aromatic rings. The highest BCUT2D eigenvalue weighted by atomic mass is 32.1. The van der Waals surface area contributed by atoms with Crippen molar-refractivity contribution in [2.24, 2.45) is 5.92 Å². The van der Waals surface area contributed by atoms with Crippen molar-refractivity contribution in [1.29, 1.82) is 0 Å². The molecular weight excluding hydrogens is 343 g/mol. The van der Waals surface area contributed by atoms with E-state index < -0.39 is 5.91 Å². The second kappa shape index (κ2) is 7.26. The third kappa shape index (κ3) is 3.84. The molecule has 1 aromatic carbocycles. The van der Waals surface area contributed by atoms with Crippen LogP contribution < -0.4 is 5.32 Å². The molecule has 6 nitrogen and oxygen atoms in total. The number of nitrogens with one attached hydrogen (secondary N) is 1. The van der Waals surface area contributed by atoms with Gasteiger partial charge in [0.05, 0.1) is 6.04 Å². The quantitative estimate of drug-likeness (QED) is 0.906. The zero-order valence-electron chi connectivity index (χ0n) is 14.0. The maximum atomic E-state index is 12.9. The minimum Gasteiger partial charge on any atom is -0.333 e. The fraction of sp³-hybridized carbons (Fsp3) is 0.412.